The molecule has 3 amide bonds. The number of nitrogens with zero attached hydrogens (tertiary/aromatic N) is 1. The molecule has 8 nitrogen and oxygen atoms in total. The molecule has 1 unspecified atom stereocenters. The summed E-state index contributed by atoms with van der Waals surface area (Å²) >= 11 is 0. The first kappa shape index (κ1) is 19.2. The number of esters is 1. The molecule has 6 rings (SSSR count). The fourth-order valence-electron chi connectivity index (χ4n) is 6.50. The van der Waals surface area contributed by atoms with E-state index in [0.717, 1.165) is 35.5 Å². The number of rotatable bonds is 2. The summed E-state index contributed by atoms with van der Waals surface area (Å²) in [5.41, 5.74) is 0.877. The number of anilines is 2. The number of carbonyl (C=O) groups excluding carboxylic acids is 4. The third-order valence-corrected chi connectivity index (χ3v) is 7.48. The number of quaternary nitrogens is 1. The molecular weight excluding hydrogens is 410 g/mol. The van der Waals surface area contributed by atoms with Crippen LogP contribution in [0.4, 0.5) is 11.4 Å². The number of nitrogens with one attached hydrogen (secondary N) is 2. The van der Waals surface area contributed by atoms with Gasteiger partial charge in [-0.05, 0) is 30.3 Å². The first-order chi connectivity index (χ1) is 15.4. The molecule has 162 valence electrons. The predicted octanol–water partition coefficient (Wildman–Crippen LogP) is 0.626. The van der Waals surface area contributed by atoms with Crippen molar-refractivity contribution in [3.63, 3.8) is 0 Å². The summed E-state index contributed by atoms with van der Waals surface area (Å²) in [4.78, 5) is 54.4. The molecule has 0 radical (unpaired) electrons. The molecular formula is C24H22N3O5+. The topological polar surface area (TPSA) is 97.2 Å². The van der Waals surface area contributed by atoms with Crippen LogP contribution in [0.1, 0.15) is 25.3 Å². The fraction of sp³-hybridized carbons (Fsp3) is 0.333. The monoisotopic (exact) mass is 432 g/mol. The van der Waals surface area contributed by atoms with Crippen LogP contribution >= 0.6 is 0 Å². The van der Waals surface area contributed by atoms with E-state index in [2.05, 4.69) is 5.32 Å². The molecule has 1 spiro atoms. The summed E-state index contributed by atoms with van der Waals surface area (Å²) in [5, 5.41) is 2.98. The van der Waals surface area contributed by atoms with Crippen molar-refractivity contribution in [1.29, 1.82) is 0 Å². The predicted molar refractivity (Wildman–Crippen MR) is 113 cm³/mol. The number of fused-ring (bicyclic) bond motifs is 7. The van der Waals surface area contributed by atoms with Crippen LogP contribution in [0.25, 0.3) is 0 Å². The minimum absolute atomic E-state index is 0.0707. The summed E-state index contributed by atoms with van der Waals surface area (Å²) < 4.78 is 5.06. The van der Waals surface area contributed by atoms with E-state index < -0.39 is 23.3 Å². The highest BCUT2D eigenvalue weighted by Gasteiger charge is 2.78. The van der Waals surface area contributed by atoms with Gasteiger partial charge in [0.1, 0.15) is 23.6 Å². The van der Waals surface area contributed by atoms with Crippen molar-refractivity contribution < 1.29 is 28.8 Å². The van der Waals surface area contributed by atoms with Gasteiger partial charge in [-0.15, -0.1) is 0 Å². The van der Waals surface area contributed by atoms with Crippen LogP contribution in [0.2, 0.25) is 0 Å². The molecule has 4 aliphatic rings. The highest BCUT2D eigenvalue weighted by atomic mass is 16.5. The maximum Gasteiger partial charge on any atom is 0.308 e. The molecule has 8 heteroatoms. The van der Waals surface area contributed by atoms with E-state index >= 15 is 0 Å². The average Bonchev–Trinajstić information content (AvgIpc) is 3.47. The standard InChI is InChI=1S/C24H21N3O5/c1-13(28)32-15-10-8-14(9-11-15)27-21(29)19-18-7-4-12-26(18)24(20(19)22(27)30)16-5-2-3-6-17(16)25-23(24)31/h2-3,5-6,8-11,18-20H,4,7,12H2,1H3,(H,25,31)/p+1/t18-,19+,20+,24-/m1/s1. The van der Waals surface area contributed by atoms with Crippen molar-refractivity contribution in [1.82, 2.24) is 0 Å². The number of imide groups is 1. The number of para-hydroxylation sites is 1. The Kier molecular flexibility index (Phi) is 3.89. The lowest BCUT2D eigenvalue weighted by Gasteiger charge is -2.33. The van der Waals surface area contributed by atoms with Crippen LogP contribution in [-0.4, -0.2) is 36.3 Å². The van der Waals surface area contributed by atoms with E-state index in [1.54, 1.807) is 24.3 Å². The minimum atomic E-state index is -1.08. The average molecular weight is 432 g/mol. The highest BCUT2D eigenvalue weighted by molar-refractivity contribution is 6.25. The molecule has 0 aliphatic carbocycles. The van der Waals surface area contributed by atoms with Crippen LogP contribution in [0.3, 0.4) is 0 Å². The van der Waals surface area contributed by atoms with Gasteiger partial charge in [0, 0.05) is 25.3 Å². The third kappa shape index (κ3) is 2.25. The minimum Gasteiger partial charge on any atom is -0.427 e. The number of amides is 3. The molecule has 2 aromatic rings. The van der Waals surface area contributed by atoms with E-state index in [0.29, 0.717) is 11.4 Å². The van der Waals surface area contributed by atoms with Crippen molar-refractivity contribution in [3.8, 4) is 5.75 Å². The zero-order valence-corrected chi connectivity index (χ0v) is 17.5. The molecule has 3 fully saturated rings. The van der Waals surface area contributed by atoms with Gasteiger partial charge in [-0.3, -0.25) is 19.2 Å². The molecule has 0 aromatic heterocycles. The van der Waals surface area contributed by atoms with Gasteiger partial charge >= 0.3 is 5.97 Å². The Labute approximate surface area is 184 Å². The maximum absolute atomic E-state index is 13.8. The normalized spacial score (nSPS) is 32.2. The SMILES string of the molecule is CC(=O)Oc1ccc(N2C(=O)[C@H]3[C@H]4CCC[NH+]4[C@@]4(C(=O)Nc5ccccc54)[C@@H]3C2=O)cc1. The van der Waals surface area contributed by atoms with Crippen molar-refractivity contribution in [2.45, 2.75) is 31.3 Å². The Hall–Kier alpha value is -3.52. The Bertz CT molecular complexity index is 1190. The van der Waals surface area contributed by atoms with Crippen LogP contribution in [0.15, 0.2) is 48.5 Å². The second kappa shape index (κ2) is 6.49. The first-order valence-corrected chi connectivity index (χ1v) is 10.9. The molecule has 2 N–H and O–H groups in total. The molecule has 0 bridgehead atoms. The van der Waals surface area contributed by atoms with Gasteiger partial charge in [0.25, 0.3) is 5.91 Å². The van der Waals surface area contributed by atoms with Gasteiger partial charge < -0.3 is 15.0 Å². The largest absolute Gasteiger partial charge is 0.427 e. The van der Waals surface area contributed by atoms with E-state index in [4.69, 9.17) is 4.74 Å². The zero-order valence-electron chi connectivity index (χ0n) is 17.5. The van der Waals surface area contributed by atoms with E-state index in [1.807, 2.05) is 24.3 Å². The number of benzene rings is 2. The van der Waals surface area contributed by atoms with Gasteiger partial charge in [-0.25, -0.2) is 4.90 Å². The molecule has 32 heavy (non-hydrogen) atoms. The number of carbonyl (C=O) groups is 4. The summed E-state index contributed by atoms with van der Waals surface area (Å²) in [6.07, 6.45) is 1.73. The first-order valence-electron chi connectivity index (χ1n) is 10.9. The lowest BCUT2D eigenvalue weighted by molar-refractivity contribution is -0.948. The Morgan fingerprint density at radius 3 is 2.59 bits per heavy atom. The van der Waals surface area contributed by atoms with Gasteiger partial charge in [0.05, 0.1) is 17.9 Å². The van der Waals surface area contributed by atoms with E-state index in [-0.39, 0.29) is 23.8 Å². The summed E-state index contributed by atoms with van der Waals surface area (Å²) in [6, 6.07) is 13.8. The Morgan fingerprint density at radius 2 is 1.84 bits per heavy atom. The zero-order chi connectivity index (χ0) is 22.2. The van der Waals surface area contributed by atoms with Gasteiger partial charge in [0.2, 0.25) is 17.4 Å². The number of ether oxygens (including phenoxy) is 1. The molecule has 2 aromatic carbocycles. The van der Waals surface area contributed by atoms with Crippen molar-refractivity contribution in [2.24, 2.45) is 11.8 Å². The third-order valence-electron chi connectivity index (χ3n) is 7.48. The Balaban J connectivity index is 1.46. The number of hydrogen-bond acceptors (Lipinski definition) is 5. The molecule has 4 aliphatic heterocycles. The van der Waals surface area contributed by atoms with Gasteiger partial charge in [0.15, 0.2) is 0 Å². The van der Waals surface area contributed by atoms with Crippen molar-refractivity contribution in [2.75, 3.05) is 16.8 Å². The quantitative estimate of drug-likeness (QED) is 0.412. The van der Waals surface area contributed by atoms with E-state index in [1.165, 1.54) is 11.8 Å². The van der Waals surface area contributed by atoms with Crippen LogP contribution in [0, 0.1) is 11.8 Å². The smallest absolute Gasteiger partial charge is 0.308 e. The summed E-state index contributed by atoms with van der Waals surface area (Å²) in [5.74, 6) is -2.17. The highest BCUT2D eigenvalue weighted by Crippen LogP contribution is 2.52. The lowest BCUT2D eigenvalue weighted by atomic mass is 9.75. The molecule has 4 heterocycles. The van der Waals surface area contributed by atoms with E-state index in [9.17, 15) is 19.2 Å². The van der Waals surface area contributed by atoms with Crippen molar-refractivity contribution in [3.05, 3.63) is 54.1 Å². The Morgan fingerprint density at radius 1 is 1.09 bits per heavy atom. The van der Waals surface area contributed by atoms with Crippen LogP contribution in [-0.2, 0) is 24.7 Å². The lowest BCUT2D eigenvalue weighted by Crippen LogP contribution is -3.19. The fourth-order valence-corrected chi connectivity index (χ4v) is 6.50. The van der Waals surface area contributed by atoms with Gasteiger partial charge in [-0.1, -0.05) is 18.2 Å². The molecule has 5 atom stereocenters. The molecule has 0 saturated carbocycles. The second-order valence-corrected chi connectivity index (χ2v) is 8.93. The second-order valence-electron chi connectivity index (χ2n) is 8.93. The number of hydrogen-bond donors (Lipinski definition) is 2. The van der Waals surface area contributed by atoms with Crippen LogP contribution in [0.5, 0.6) is 5.75 Å². The van der Waals surface area contributed by atoms with Gasteiger partial charge in [-0.2, -0.15) is 0 Å². The van der Waals surface area contributed by atoms with Crippen LogP contribution < -0.4 is 19.9 Å². The molecule has 3 saturated heterocycles. The van der Waals surface area contributed by atoms with Crippen molar-refractivity contribution >= 4 is 35.1 Å². The summed E-state index contributed by atoms with van der Waals surface area (Å²) in [6.45, 7) is 2.07. The maximum atomic E-state index is 13.8. The summed E-state index contributed by atoms with van der Waals surface area (Å²) in [7, 11) is 0.